The Morgan fingerprint density at radius 1 is 0.657 bits per heavy atom. The third-order valence-corrected chi connectivity index (χ3v) is 33.6. The van der Waals surface area contributed by atoms with Gasteiger partial charge in [-0.25, -0.2) is 9.59 Å². The van der Waals surface area contributed by atoms with Crippen LogP contribution in [-0.2, 0) is 45.5 Å². The Hall–Kier alpha value is -6.87. The van der Waals surface area contributed by atoms with Crippen LogP contribution in [-0.4, -0.2) is 140 Å². The maximum absolute atomic E-state index is 12.7. The molecule has 8 rings (SSSR count). The fourth-order valence-electron chi connectivity index (χ4n) is 12.6. The first-order chi connectivity index (χ1) is 50.5. The van der Waals surface area contributed by atoms with Crippen LogP contribution in [0.25, 0.3) is 0 Å². The zero-order valence-electron chi connectivity index (χ0n) is 68.7. The summed E-state index contributed by atoms with van der Waals surface area (Å²) < 4.78 is 49.0. The summed E-state index contributed by atoms with van der Waals surface area (Å²) in [5.41, 5.74) is 3.68. The fourth-order valence-corrected chi connectivity index (χ4v) is 16.9. The second kappa shape index (κ2) is 42.0. The van der Waals surface area contributed by atoms with Crippen LogP contribution < -0.4 is 14.2 Å². The molecule has 0 unspecified atom stereocenters. The van der Waals surface area contributed by atoms with Crippen LogP contribution >= 0.6 is 11.6 Å². The minimum Gasteiger partial charge on any atom is -0.489 e. The van der Waals surface area contributed by atoms with E-state index in [1.54, 1.807) is 26.5 Å². The quantitative estimate of drug-likeness (QED) is 0.00780. The molecule has 23 heteroatoms. The van der Waals surface area contributed by atoms with Crippen molar-refractivity contribution in [2.75, 3.05) is 27.3 Å². The van der Waals surface area contributed by atoms with E-state index in [1.807, 2.05) is 45.0 Å². The number of benzene rings is 3. The van der Waals surface area contributed by atoms with E-state index in [4.69, 9.17) is 44.1 Å². The average molecular weight is 1580 g/mol. The number of para-hydroxylation sites is 2. The highest BCUT2D eigenvalue weighted by Gasteiger charge is 2.54. The highest BCUT2D eigenvalue weighted by Crippen LogP contribution is 2.56. The molecule has 1 aromatic heterocycles. The SMILES string of the molecule is CC#CC[C@H](C)[C@@H](/C=C/[C@@H]1[C@H]2c3cccc(CCCC(=O)OCC[Si](C)(C)C)c3O[C@H]2C[C@H]1O[Si](C)(C)C(C)(C)C)OC(=O)N(C)C.CC#CC[C@H](C)[C@H](O)/C=C/[C@@H]1[C@H]2c3cccc(CCCC(=O)OCC[Si](C)(C)C)c3O[C@H]2C[C@H]1O[Si](C)(C)C(C)(C)C.O=C(Cl)Oc1ccc([N+](=O)[O-])cc1.c1ccncc1. The van der Waals surface area contributed by atoms with Gasteiger partial charge in [-0.3, -0.25) is 24.7 Å². The summed E-state index contributed by atoms with van der Waals surface area (Å²) in [5, 5.41) is 21.3. The van der Waals surface area contributed by atoms with Crippen LogP contribution in [0, 0.1) is 57.5 Å². The van der Waals surface area contributed by atoms with Crippen LogP contribution in [0.2, 0.25) is 87.6 Å². The number of esters is 2. The molecular formula is C85H126ClN3O15Si4. The van der Waals surface area contributed by atoms with E-state index in [-0.39, 0.29) is 99.5 Å². The highest BCUT2D eigenvalue weighted by atomic mass is 35.5. The lowest BCUT2D eigenvalue weighted by atomic mass is 9.86. The Kier molecular flexibility index (Phi) is 35.6. The number of halogens is 1. The molecule has 2 aliphatic heterocycles. The number of aromatic nitrogens is 1. The standard InChI is InChI=1S/C38H61NO6Si2.C35H56O5Si2.C7H4ClNO4.C5H5N/c1-13-14-17-27(2)31(44-37(41)39(6)7)23-22-29-32(45-47(11,12)38(3,4)5)26-33-35(29)30-20-15-18-28(36(30)43-33)19-16-21-34(40)42-24-25-46(8,9)10;1-11-12-15-25(2)29(36)21-20-27-30(40-42(9,10)35(3,4)5)24-31-33(27)28-18-13-16-26(34(28)39-31)17-14-19-32(37)38-22-23-41(6,7)8;8-7(10)13-6-3-1-5(2-4-6)9(11)12;1-2-4-6-5-3-1/h15,18,20,22-23,27,29,31-33,35H,16-17,19,21,24-26H2,1-12H3;13,16,18,20-21,25,27,29-31,33,36H,14-15,17,19,22-24H2,1-10H3;1-4H;1-5H/b23-22+;21-20+;;/t27-,29-,31+,32+,33-,35-;25-,27-,29+,30+,31-,33-;;/m00../s1. The molecule has 1 N–H and O–H groups in total. The number of hydrogen-bond acceptors (Lipinski definition) is 16. The zero-order valence-corrected chi connectivity index (χ0v) is 73.4. The van der Waals surface area contributed by atoms with Crippen molar-refractivity contribution in [2.45, 2.75) is 270 Å². The molecule has 0 saturated heterocycles. The molecule has 2 saturated carbocycles. The summed E-state index contributed by atoms with van der Waals surface area (Å²) in [5.74, 6) is 14.6. The molecule has 2 fully saturated rings. The number of ether oxygens (including phenoxy) is 6. The van der Waals surface area contributed by atoms with Gasteiger partial charge in [-0.15, -0.1) is 23.7 Å². The molecule has 1 amide bonds. The number of carbonyl (C=O) groups is 4. The van der Waals surface area contributed by atoms with Gasteiger partial charge < -0.3 is 47.3 Å². The zero-order chi connectivity index (χ0) is 80.5. The van der Waals surface area contributed by atoms with Gasteiger partial charge in [0.1, 0.15) is 35.6 Å². The number of carbonyl (C=O) groups excluding carboxylic acids is 4. The molecule has 12 atom stereocenters. The number of aryl methyl sites for hydroxylation is 2. The molecule has 18 nitrogen and oxygen atoms in total. The van der Waals surface area contributed by atoms with E-state index in [1.165, 1.54) is 40.3 Å². The predicted molar refractivity (Wildman–Crippen MR) is 444 cm³/mol. The van der Waals surface area contributed by atoms with Crippen molar-refractivity contribution in [3.05, 3.63) is 148 Å². The van der Waals surface area contributed by atoms with Gasteiger partial charge in [-0.2, -0.15) is 0 Å². The van der Waals surface area contributed by atoms with Crippen LogP contribution in [0.3, 0.4) is 0 Å². The lowest BCUT2D eigenvalue weighted by molar-refractivity contribution is -0.384. The number of aliphatic hydroxyl groups is 1. The lowest BCUT2D eigenvalue weighted by Gasteiger charge is -2.40. The summed E-state index contributed by atoms with van der Waals surface area (Å²) in [6.07, 6.45) is 17.4. The van der Waals surface area contributed by atoms with Crippen molar-refractivity contribution < 1.29 is 66.5 Å². The second-order valence-corrected chi connectivity index (χ2v) is 55.7. The second-order valence-electron chi connectivity index (χ2n) is 34.6. The van der Waals surface area contributed by atoms with Gasteiger partial charge in [0, 0.05) is 146 Å². The van der Waals surface area contributed by atoms with Crippen LogP contribution in [0.1, 0.15) is 155 Å². The number of amides is 1. The molecular weight excluding hydrogens is 1450 g/mol. The van der Waals surface area contributed by atoms with Crippen molar-refractivity contribution in [1.29, 1.82) is 0 Å². The maximum Gasteiger partial charge on any atom is 0.409 e. The van der Waals surface area contributed by atoms with Gasteiger partial charge in [0.15, 0.2) is 16.6 Å². The number of nitro benzene ring substituents is 1. The fraction of sp³-hybridized carbons (Fsp3) is 0.588. The largest absolute Gasteiger partial charge is 0.489 e. The van der Waals surface area contributed by atoms with E-state index in [2.05, 4.69) is 202 Å². The van der Waals surface area contributed by atoms with Crippen LogP contribution in [0.15, 0.2) is 116 Å². The summed E-state index contributed by atoms with van der Waals surface area (Å²) in [6, 6.07) is 25.6. The molecule has 2 aliphatic carbocycles. The van der Waals surface area contributed by atoms with E-state index in [0.717, 1.165) is 73.2 Å². The monoisotopic (exact) mass is 1580 g/mol. The van der Waals surface area contributed by atoms with E-state index in [0.29, 0.717) is 38.9 Å². The van der Waals surface area contributed by atoms with E-state index >= 15 is 0 Å². The minimum absolute atomic E-state index is 0.00624. The number of nitro groups is 1. The lowest BCUT2D eigenvalue weighted by Crippen LogP contribution is -2.45. The summed E-state index contributed by atoms with van der Waals surface area (Å²) >= 11 is 4.92. The first-order valence-corrected chi connectivity index (χ1v) is 52.0. The molecule has 0 spiro atoms. The highest BCUT2D eigenvalue weighted by molar-refractivity contribution is 6.76. The van der Waals surface area contributed by atoms with Crippen molar-refractivity contribution >= 4 is 73.5 Å². The van der Waals surface area contributed by atoms with E-state index < -0.39 is 55.3 Å². The first-order valence-electron chi connectivity index (χ1n) is 38.4. The van der Waals surface area contributed by atoms with Crippen molar-refractivity contribution in [3.63, 3.8) is 0 Å². The minimum atomic E-state index is -2.09. The number of aliphatic hydroxyl groups excluding tert-OH is 1. The molecule has 108 heavy (non-hydrogen) atoms. The van der Waals surface area contributed by atoms with Gasteiger partial charge in [0.05, 0.1) is 36.4 Å². The van der Waals surface area contributed by atoms with Crippen molar-refractivity contribution in [2.24, 2.45) is 23.7 Å². The average Bonchev–Trinajstić information content (AvgIpc) is 1.59. The Bertz CT molecular complexity index is 3720. The third kappa shape index (κ3) is 29.1. The maximum atomic E-state index is 12.7. The molecule has 0 bridgehead atoms. The molecule has 4 aromatic rings. The van der Waals surface area contributed by atoms with Crippen LogP contribution in [0.4, 0.5) is 15.3 Å². The molecule has 4 aliphatic rings. The molecule has 3 heterocycles. The van der Waals surface area contributed by atoms with Gasteiger partial charge in [-0.05, 0) is 135 Å². The smallest absolute Gasteiger partial charge is 0.409 e. The number of pyridine rings is 1. The van der Waals surface area contributed by atoms with Gasteiger partial charge in [-0.1, -0.05) is 155 Å². The Morgan fingerprint density at radius 2 is 1.09 bits per heavy atom. The number of rotatable bonds is 29. The van der Waals surface area contributed by atoms with Gasteiger partial charge >= 0.3 is 23.5 Å². The Labute approximate surface area is 655 Å². The molecule has 0 radical (unpaired) electrons. The number of hydrogen-bond donors (Lipinski definition) is 1. The molecule has 3 aromatic carbocycles. The Morgan fingerprint density at radius 3 is 1.46 bits per heavy atom. The van der Waals surface area contributed by atoms with Crippen molar-refractivity contribution in [1.82, 2.24) is 9.88 Å². The number of fused-ring (bicyclic) bond motifs is 6. The summed E-state index contributed by atoms with van der Waals surface area (Å²) in [4.78, 5) is 62.5. The number of nitrogens with zero attached hydrogens (tertiary/aromatic N) is 3. The predicted octanol–water partition coefficient (Wildman–Crippen LogP) is 20.3. The topological polar surface area (TPSA) is 222 Å². The Balaban J connectivity index is 0.000000311. The van der Waals surface area contributed by atoms with Crippen LogP contribution in [0.5, 0.6) is 17.2 Å². The normalized spacial score (nSPS) is 20.3. The summed E-state index contributed by atoms with van der Waals surface area (Å²) in [7, 11) is -3.15. The summed E-state index contributed by atoms with van der Waals surface area (Å²) in [6.45, 7) is 45.5. The number of non-ortho nitro benzene ring substituents is 1. The van der Waals surface area contributed by atoms with Crippen molar-refractivity contribution in [3.8, 4) is 40.9 Å². The van der Waals surface area contributed by atoms with Gasteiger partial charge in [0.2, 0.25) is 0 Å². The molecule has 594 valence electrons. The van der Waals surface area contributed by atoms with Gasteiger partial charge in [0.25, 0.3) is 5.69 Å². The third-order valence-electron chi connectivity index (χ3n) is 21.1. The van der Waals surface area contributed by atoms with E-state index in [9.17, 15) is 34.4 Å². The first kappa shape index (κ1) is 91.7.